The summed E-state index contributed by atoms with van der Waals surface area (Å²) < 4.78 is 5.43. The highest BCUT2D eigenvalue weighted by Crippen LogP contribution is 2.39. The Balaban J connectivity index is 1.73. The number of hydrogen-bond donors (Lipinski definition) is 2. The van der Waals surface area contributed by atoms with E-state index in [0.717, 1.165) is 43.4 Å². The lowest BCUT2D eigenvalue weighted by molar-refractivity contribution is -0.127. The summed E-state index contributed by atoms with van der Waals surface area (Å²) in [5, 5.41) is 3.10. The summed E-state index contributed by atoms with van der Waals surface area (Å²) >= 11 is 0. The van der Waals surface area contributed by atoms with Crippen molar-refractivity contribution in [1.29, 1.82) is 0 Å². The Kier molecular flexibility index (Phi) is 2.70. The second-order valence-electron chi connectivity index (χ2n) is 5.77. The van der Waals surface area contributed by atoms with E-state index in [4.69, 9.17) is 10.2 Å². The van der Waals surface area contributed by atoms with Gasteiger partial charge in [0.1, 0.15) is 5.76 Å². The molecule has 2 unspecified atom stereocenters. The van der Waals surface area contributed by atoms with E-state index in [-0.39, 0.29) is 11.9 Å². The molecule has 0 aliphatic heterocycles. The van der Waals surface area contributed by atoms with Gasteiger partial charge in [-0.2, -0.15) is 0 Å². The van der Waals surface area contributed by atoms with Gasteiger partial charge in [-0.15, -0.1) is 0 Å². The van der Waals surface area contributed by atoms with Gasteiger partial charge in [-0.3, -0.25) is 4.79 Å². The SMILES string of the molecule is CC(N)(C(=O)NC1CCCc2occc21)C1CC1. The maximum atomic E-state index is 12.3. The summed E-state index contributed by atoms with van der Waals surface area (Å²) in [6, 6.07) is 2.03. The van der Waals surface area contributed by atoms with Crippen molar-refractivity contribution in [2.75, 3.05) is 0 Å². The molecule has 1 fully saturated rings. The van der Waals surface area contributed by atoms with Crippen molar-refractivity contribution in [3.8, 4) is 0 Å². The normalized spacial score (nSPS) is 26.2. The Labute approximate surface area is 107 Å². The van der Waals surface area contributed by atoms with Crippen molar-refractivity contribution in [2.24, 2.45) is 11.7 Å². The molecule has 2 aliphatic carbocycles. The summed E-state index contributed by atoms with van der Waals surface area (Å²) in [7, 11) is 0. The Morgan fingerprint density at radius 1 is 1.50 bits per heavy atom. The predicted molar refractivity (Wildman–Crippen MR) is 67.8 cm³/mol. The fraction of sp³-hybridized carbons (Fsp3) is 0.643. The number of nitrogens with two attached hydrogens (primary N) is 1. The maximum absolute atomic E-state index is 12.3. The van der Waals surface area contributed by atoms with E-state index in [1.807, 2.05) is 13.0 Å². The van der Waals surface area contributed by atoms with Crippen LogP contribution in [0.3, 0.4) is 0 Å². The zero-order chi connectivity index (χ0) is 12.8. The minimum Gasteiger partial charge on any atom is -0.469 e. The number of carbonyl (C=O) groups excluding carboxylic acids is 1. The molecule has 0 radical (unpaired) electrons. The van der Waals surface area contributed by atoms with Crippen LogP contribution < -0.4 is 11.1 Å². The zero-order valence-corrected chi connectivity index (χ0v) is 10.7. The molecule has 1 amide bonds. The van der Waals surface area contributed by atoms with Crippen molar-refractivity contribution in [2.45, 2.75) is 50.6 Å². The van der Waals surface area contributed by atoms with Crippen LogP contribution in [-0.2, 0) is 11.2 Å². The average Bonchev–Trinajstić information content (AvgIpc) is 3.09. The topological polar surface area (TPSA) is 68.3 Å². The first-order chi connectivity index (χ1) is 8.59. The van der Waals surface area contributed by atoms with Crippen LogP contribution in [0.25, 0.3) is 0 Å². The van der Waals surface area contributed by atoms with Crippen LogP contribution in [-0.4, -0.2) is 11.4 Å². The largest absolute Gasteiger partial charge is 0.469 e. The molecular formula is C14H20N2O2. The van der Waals surface area contributed by atoms with Crippen LogP contribution in [0.4, 0.5) is 0 Å². The standard InChI is InChI=1S/C14H20N2O2/c1-14(15,9-5-6-9)13(17)16-11-3-2-4-12-10(11)7-8-18-12/h7-9,11H,2-6,15H2,1H3,(H,16,17). The van der Waals surface area contributed by atoms with Crippen molar-refractivity contribution in [1.82, 2.24) is 5.32 Å². The lowest BCUT2D eigenvalue weighted by Crippen LogP contribution is -2.54. The number of furan rings is 1. The third-order valence-corrected chi connectivity index (χ3v) is 4.27. The van der Waals surface area contributed by atoms with Gasteiger partial charge in [0.2, 0.25) is 5.91 Å². The molecule has 3 N–H and O–H groups in total. The summed E-state index contributed by atoms with van der Waals surface area (Å²) in [5.74, 6) is 1.34. The van der Waals surface area contributed by atoms with Crippen molar-refractivity contribution < 1.29 is 9.21 Å². The monoisotopic (exact) mass is 248 g/mol. The highest BCUT2D eigenvalue weighted by atomic mass is 16.3. The second kappa shape index (κ2) is 4.12. The third kappa shape index (κ3) is 1.94. The van der Waals surface area contributed by atoms with Crippen LogP contribution in [0, 0.1) is 5.92 Å². The molecule has 98 valence electrons. The molecule has 1 aromatic rings. The van der Waals surface area contributed by atoms with E-state index < -0.39 is 5.54 Å². The van der Waals surface area contributed by atoms with Gasteiger partial charge in [-0.25, -0.2) is 0 Å². The summed E-state index contributed by atoms with van der Waals surface area (Å²) in [4.78, 5) is 12.3. The molecule has 4 nitrogen and oxygen atoms in total. The molecule has 1 heterocycles. The van der Waals surface area contributed by atoms with Crippen LogP contribution >= 0.6 is 0 Å². The van der Waals surface area contributed by atoms with Gasteiger partial charge in [0.05, 0.1) is 17.8 Å². The fourth-order valence-electron chi connectivity index (χ4n) is 2.82. The highest BCUT2D eigenvalue weighted by molar-refractivity contribution is 5.86. The van der Waals surface area contributed by atoms with Crippen molar-refractivity contribution >= 4 is 5.91 Å². The predicted octanol–water partition coefficient (Wildman–Crippen LogP) is 1.90. The van der Waals surface area contributed by atoms with Crippen molar-refractivity contribution in [3.05, 3.63) is 23.7 Å². The number of aryl methyl sites for hydroxylation is 1. The smallest absolute Gasteiger partial charge is 0.240 e. The van der Waals surface area contributed by atoms with E-state index in [2.05, 4.69) is 5.32 Å². The molecule has 2 aliphatic rings. The number of fused-ring (bicyclic) bond motifs is 1. The number of hydrogen-bond acceptors (Lipinski definition) is 3. The summed E-state index contributed by atoms with van der Waals surface area (Å²) in [6.45, 7) is 1.85. The number of amides is 1. The van der Waals surface area contributed by atoms with Crippen LogP contribution in [0.1, 0.15) is 50.0 Å². The van der Waals surface area contributed by atoms with E-state index in [0.29, 0.717) is 5.92 Å². The van der Waals surface area contributed by atoms with Gasteiger partial charge in [0.15, 0.2) is 0 Å². The van der Waals surface area contributed by atoms with Gasteiger partial charge in [-0.05, 0) is 44.6 Å². The van der Waals surface area contributed by atoms with Crippen LogP contribution in [0.5, 0.6) is 0 Å². The number of carbonyl (C=O) groups is 1. The quantitative estimate of drug-likeness (QED) is 0.858. The molecule has 0 saturated heterocycles. The maximum Gasteiger partial charge on any atom is 0.240 e. The Hall–Kier alpha value is -1.29. The van der Waals surface area contributed by atoms with E-state index in [9.17, 15) is 4.79 Å². The van der Waals surface area contributed by atoms with Gasteiger partial charge in [0.25, 0.3) is 0 Å². The Morgan fingerprint density at radius 3 is 3.00 bits per heavy atom. The molecular weight excluding hydrogens is 228 g/mol. The first-order valence-corrected chi connectivity index (χ1v) is 6.75. The molecule has 0 spiro atoms. The lowest BCUT2D eigenvalue weighted by atomic mass is 9.91. The van der Waals surface area contributed by atoms with E-state index >= 15 is 0 Å². The van der Waals surface area contributed by atoms with Gasteiger partial charge in [0, 0.05) is 12.0 Å². The highest BCUT2D eigenvalue weighted by Gasteiger charge is 2.44. The zero-order valence-electron chi connectivity index (χ0n) is 10.7. The number of rotatable bonds is 3. The first kappa shape index (κ1) is 11.8. The Morgan fingerprint density at radius 2 is 2.28 bits per heavy atom. The van der Waals surface area contributed by atoms with Gasteiger partial charge in [-0.1, -0.05) is 0 Å². The molecule has 4 heteroatoms. The molecule has 1 aromatic heterocycles. The van der Waals surface area contributed by atoms with Gasteiger partial charge < -0.3 is 15.5 Å². The summed E-state index contributed by atoms with van der Waals surface area (Å²) in [6.07, 6.45) is 6.84. The first-order valence-electron chi connectivity index (χ1n) is 6.75. The summed E-state index contributed by atoms with van der Waals surface area (Å²) in [5.41, 5.74) is 6.55. The number of nitrogens with one attached hydrogen (secondary N) is 1. The Bertz CT molecular complexity index is 460. The minimum absolute atomic E-state index is 0.0240. The molecule has 18 heavy (non-hydrogen) atoms. The van der Waals surface area contributed by atoms with Crippen LogP contribution in [0.15, 0.2) is 16.7 Å². The van der Waals surface area contributed by atoms with E-state index in [1.165, 1.54) is 0 Å². The fourth-order valence-corrected chi connectivity index (χ4v) is 2.82. The molecule has 0 bridgehead atoms. The minimum atomic E-state index is -0.721. The average molecular weight is 248 g/mol. The second-order valence-corrected chi connectivity index (χ2v) is 5.77. The van der Waals surface area contributed by atoms with Crippen molar-refractivity contribution in [3.63, 3.8) is 0 Å². The lowest BCUT2D eigenvalue weighted by Gasteiger charge is -2.29. The molecule has 1 saturated carbocycles. The molecule has 0 aromatic carbocycles. The molecule has 3 rings (SSSR count). The van der Waals surface area contributed by atoms with Crippen LogP contribution in [0.2, 0.25) is 0 Å². The van der Waals surface area contributed by atoms with Gasteiger partial charge >= 0.3 is 0 Å². The third-order valence-electron chi connectivity index (χ3n) is 4.27. The van der Waals surface area contributed by atoms with E-state index in [1.54, 1.807) is 6.26 Å². The molecule has 2 atom stereocenters.